The smallest absolute Gasteiger partial charge is 0.246 e. The number of nitrogens with zero attached hydrogens (tertiary/aromatic N) is 2. The fraction of sp³-hybridized carbons (Fsp3) is 0.267. The highest BCUT2D eigenvalue weighted by Crippen LogP contribution is 2.37. The molecule has 1 heterocycles. The summed E-state index contributed by atoms with van der Waals surface area (Å²) in [5.41, 5.74) is 3.85. The summed E-state index contributed by atoms with van der Waals surface area (Å²) in [5, 5.41) is 10.4. The van der Waals surface area contributed by atoms with Crippen molar-refractivity contribution in [3.8, 4) is 17.2 Å². The van der Waals surface area contributed by atoms with Gasteiger partial charge in [-0.1, -0.05) is 0 Å². The normalized spacial score (nSPS) is 10.6. The van der Waals surface area contributed by atoms with Crippen LogP contribution in [-0.2, 0) is 11.2 Å². The standard InChI is InChI=1S/C15H18N4O4/c1-21-12-6-10(7-13(22-2)15(12)23-3)9-17-19-14(20)8-11-4-5-16-18-11/h4-7,9H,8H2,1-3H3,(H,16,18)(H,19,20)/b17-9-. The Morgan fingerprint density at radius 2 is 1.96 bits per heavy atom. The molecule has 0 saturated heterocycles. The lowest BCUT2D eigenvalue weighted by Crippen LogP contribution is -2.19. The monoisotopic (exact) mass is 318 g/mol. The summed E-state index contributed by atoms with van der Waals surface area (Å²) in [6, 6.07) is 5.18. The molecule has 0 spiro atoms. The molecular weight excluding hydrogens is 300 g/mol. The number of hydrogen-bond acceptors (Lipinski definition) is 6. The first-order valence-electron chi connectivity index (χ1n) is 6.78. The van der Waals surface area contributed by atoms with Gasteiger partial charge in [0.05, 0.1) is 34.0 Å². The number of aromatic nitrogens is 2. The number of methoxy groups -OCH3 is 3. The molecule has 122 valence electrons. The number of ether oxygens (including phenoxy) is 3. The fourth-order valence-electron chi connectivity index (χ4n) is 1.95. The van der Waals surface area contributed by atoms with Gasteiger partial charge in [-0.25, -0.2) is 5.43 Å². The number of hydrazone groups is 1. The molecule has 0 aliphatic rings. The first kappa shape index (κ1) is 16.3. The molecule has 0 saturated carbocycles. The van der Waals surface area contributed by atoms with E-state index >= 15 is 0 Å². The van der Waals surface area contributed by atoms with Crippen molar-refractivity contribution < 1.29 is 19.0 Å². The van der Waals surface area contributed by atoms with E-state index in [0.29, 0.717) is 28.5 Å². The van der Waals surface area contributed by atoms with Crippen LogP contribution in [0.5, 0.6) is 17.2 Å². The van der Waals surface area contributed by atoms with Gasteiger partial charge >= 0.3 is 0 Å². The molecule has 0 aliphatic carbocycles. The van der Waals surface area contributed by atoms with Gasteiger partial charge in [0.15, 0.2) is 11.5 Å². The van der Waals surface area contributed by atoms with Crippen molar-refractivity contribution in [1.29, 1.82) is 0 Å². The van der Waals surface area contributed by atoms with Gasteiger partial charge in [0.2, 0.25) is 11.7 Å². The molecule has 1 aromatic carbocycles. The highest BCUT2D eigenvalue weighted by Gasteiger charge is 2.12. The lowest BCUT2D eigenvalue weighted by Gasteiger charge is -2.12. The predicted octanol–water partition coefficient (Wildman–Crippen LogP) is 1.13. The van der Waals surface area contributed by atoms with Gasteiger partial charge in [-0.2, -0.15) is 10.2 Å². The third-order valence-electron chi connectivity index (χ3n) is 3.00. The molecule has 23 heavy (non-hydrogen) atoms. The minimum Gasteiger partial charge on any atom is -0.493 e. The lowest BCUT2D eigenvalue weighted by molar-refractivity contribution is -0.120. The zero-order chi connectivity index (χ0) is 16.7. The Labute approximate surface area is 133 Å². The van der Waals surface area contributed by atoms with Crippen molar-refractivity contribution in [2.24, 2.45) is 5.10 Å². The highest BCUT2D eigenvalue weighted by molar-refractivity contribution is 5.84. The van der Waals surface area contributed by atoms with E-state index in [9.17, 15) is 4.79 Å². The largest absolute Gasteiger partial charge is 0.493 e. The van der Waals surface area contributed by atoms with Crippen LogP contribution in [0.2, 0.25) is 0 Å². The van der Waals surface area contributed by atoms with Crippen LogP contribution in [0.15, 0.2) is 29.5 Å². The second-order valence-electron chi connectivity index (χ2n) is 4.51. The summed E-state index contributed by atoms with van der Waals surface area (Å²) in [5.74, 6) is 1.27. The van der Waals surface area contributed by atoms with Gasteiger partial charge in [-0.05, 0) is 18.2 Å². The molecule has 2 N–H and O–H groups in total. The second kappa shape index (κ2) is 7.83. The number of rotatable bonds is 7. The fourth-order valence-corrected chi connectivity index (χ4v) is 1.95. The maximum absolute atomic E-state index is 11.7. The minimum absolute atomic E-state index is 0.173. The molecule has 0 aliphatic heterocycles. The van der Waals surface area contributed by atoms with Crippen molar-refractivity contribution in [3.63, 3.8) is 0 Å². The SMILES string of the molecule is COc1cc(/C=N\NC(=O)Cc2ccn[nH]2)cc(OC)c1OC. The third kappa shape index (κ3) is 4.22. The number of H-pyrrole nitrogens is 1. The van der Waals surface area contributed by atoms with E-state index < -0.39 is 0 Å². The average Bonchev–Trinajstić information content (AvgIpc) is 3.06. The zero-order valence-electron chi connectivity index (χ0n) is 13.1. The van der Waals surface area contributed by atoms with Crippen LogP contribution in [-0.4, -0.2) is 43.6 Å². The Hall–Kier alpha value is -3.03. The first-order chi connectivity index (χ1) is 11.2. The van der Waals surface area contributed by atoms with Crippen molar-refractivity contribution in [3.05, 3.63) is 35.7 Å². The van der Waals surface area contributed by atoms with Gasteiger partial charge in [0, 0.05) is 17.5 Å². The van der Waals surface area contributed by atoms with E-state index in [1.807, 2.05) is 0 Å². The molecule has 0 unspecified atom stereocenters. The van der Waals surface area contributed by atoms with Gasteiger partial charge < -0.3 is 14.2 Å². The number of amides is 1. The summed E-state index contributed by atoms with van der Waals surface area (Å²) >= 11 is 0. The van der Waals surface area contributed by atoms with E-state index in [-0.39, 0.29) is 12.3 Å². The molecule has 8 nitrogen and oxygen atoms in total. The highest BCUT2D eigenvalue weighted by atomic mass is 16.5. The number of hydrogen-bond donors (Lipinski definition) is 2. The van der Waals surface area contributed by atoms with Gasteiger partial charge in [0.1, 0.15) is 0 Å². The Morgan fingerprint density at radius 3 is 2.48 bits per heavy atom. The number of carbonyl (C=O) groups excluding carboxylic acids is 1. The minimum atomic E-state index is -0.252. The first-order valence-corrected chi connectivity index (χ1v) is 6.78. The summed E-state index contributed by atoms with van der Waals surface area (Å²) in [6.07, 6.45) is 3.25. The molecule has 0 radical (unpaired) electrons. The number of carbonyl (C=O) groups is 1. The number of nitrogens with one attached hydrogen (secondary N) is 2. The quantitative estimate of drug-likeness (QED) is 0.589. The van der Waals surface area contributed by atoms with Crippen LogP contribution in [0.3, 0.4) is 0 Å². The molecule has 2 rings (SSSR count). The molecule has 8 heteroatoms. The van der Waals surface area contributed by atoms with Gasteiger partial charge in [0.25, 0.3) is 0 Å². The molecule has 1 amide bonds. The maximum atomic E-state index is 11.7. The van der Waals surface area contributed by atoms with Crippen molar-refractivity contribution >= 4 is 12.1 Å². The van der Waals surface area contributed by atoms with E-state index in [0.717, 1.165) is 0 Å². The Balaban J connectivity index is 2.05. The topological polar surface area (TPSA) is 97.8 Å². The van der Waals surface area contributed by atoms with Crippen LogP contribution in [0, 0.1) is 0 Å². The van der Waals surface area contributed by atoms with Gasteiger partial charge in [-0.15, -0.1) is 0 Å². The van der Waals surface area contributed by atoms with E-state index in [4.69, 9.17) is 14.2 Å². The van der Waals surface area contributed by atoms with E-state index in [1.54, 1.807) is 24.4 Å². The molecular formula is C15H18N4O4. The maximum Gasteiger partial charge on any atom is 0.246 e. The Bertz CT molecular complexity index is 658. The number of aromatic amines is 1. The van der Waals surface area contributed by atoms with Crippen molar-refractivity contribution in [1.82, 2.24) is 15.6 Å². The summed E-state index contributed by atoms with van der Waals surface area (Å²) < 4.78 is 15.7. The van der Waals surface area contributed by atoms with Crippen LogP contribution in [0.25, 0.3) is 0 Å². The molecule has 0 fully saturated rings. The summed E-state index contributed by atoms with van der Waals surface area (Å²) in [4.78, 5) is 11.7. The van der Waals surface area contributed by atoms with Crippen molar-refractivity contribution in [2.45, 2.75) is 6.42 Å². The van der Waals surface area contributed by atoms with E-state index in [2.05, 4.69) is 20.7 Å². The molecule has 1 aromatic heterocycles. The number of benzene rings is 1. The lowest BCUT2D eigenvalue weighted by atomic mass is 10.2. The molecule has 0 atom stereocenters. The molecule has 0 bridgehead atoms. The second-order valence-corrected chi connectivity index (χ2v) is 4.51. The average molecular weight is 318 g/mol. The summed E-state index contributed by atoms with van der Waals surface area (Å²) in [7, 11) is 4.60. The molecule has 2 aromatic rings. The van der Waals surface area contributed by atoms with Gasteiger partial charge in [-0.3, -0.25) is 9.89 Å². The van der Waals surface area contributed by atoms with E-state index in [1.165, 1.54) is 27.5 Å². The third-order valence-corrected chi connectivity index (χ3v) is 3.00. The van der Waals surface area contributed by atoms with Crippen LogP contribution >= 0.6 is 0 Å². The van der Waals surface area contributed by atoms with Crippen LogP contribution in [0.1, 0.15) is 11.3 Å². The Kier molecular flexibility index (Phi) is 5.56. The Morgan fingerprint density at radius 1 is 1.26 bits per heavy atom. The summed E-state index contributed by atoms with van der Waals surface area (Å²) in [6.45, 7) is 0. The van der Waals surface area contributed by atoms with Crippen molar-refractivity contribution in [2.75, 3.05) is 21.3 Å². The van der Waals surface area contributed by atoms with Crippen LogP contribution < -0.4 is 19.6 Å². The predicted molar refractivity (Wildman–Crippen MR) is 84.1 cm³/mol. The zero-order valence-corrected chi connectivity index (χ0v) is 13.1. The van der Waals surface area contributed by atoms with Crippen LogP contribution in [0.4, 0.5) is 0 Å².